The van der Waals surface area contributed by atoms with Crippen molar-refractivity contribution in [1.82, 2.24) is 9.97 Å². The number of para-hydroxylation sites is 1. The van der Waals surface area contributed by atoms with Gasteiger partial charge in [0.1, 0.15) is 5.01 Å². The van der Waals surface area contributed by atoms with Crippen molar-refractivity contribution < 1.29 is 13.2 Å². The Labute approximate surface area is 114 Å². The summed E-state index contributed by atoms with van der Waals surface area (Å²) in [5.74, 6) is 0. The van der Waals surface area contributed by atoms with Crippen LogP contribution in [0, 0.1) is 0 Å². The number of hydrogen-bond donors (Lipinski definition) is 1. The Kier molecular flexibility index (Phi) is 2.86. The van der Waals surface area contributed by atoms with Gasteiger partial charge in [0.05, 0.1) is 5.69 Å². The van der Waals surface area contributed by atoms with Gasteiger partial charge in [-0.25, -0.2) is 4.98 Å². The maximum atomic E-state index is 12.5. The van der Waals surface area contributed by atoms with Crippen molar-refractivity contribution in [2.45, 2.75) is 6.18 Å². The van der Waals surface area contributed by atoms with Crippen molar-refractivity contribution in [2.24, 2.45) is 0 Å². The van der Waals surface area contributed by atoms with E-state index in [1.165, 1.54) is 6.07 Å². The number of nitrogens with one attached hydrogen (secondary N) is 1. The number of aromatic nitrogens is 2. The van der Waals surface area contributed by atoms with Crippen LogP contribution in [-0.4, -0.2) is 9.97 Å². The van der Waals surface area contributed by atoms with Crippen molar-refractivity contribution in [1.29, 1.82) is 0 Å². The molecular formula is C13H7F3N2OS. The van der Waals surface area contributed by atoms with E-state index in [1.807, 2.05) is 0 Å². The molecule has 20 heavy (non-hydrogen) atoms. The molecule has 0 saturated heterocycles. The third-order valence-electron chi connectivity index (χ3n) is 2.76. The number of fused-ring (bicyclic) bond motifs is 1. The van der Waals surface area contributed by atoms with Crippen molar-refractivity contribution in [3.05, 3.63) is 51.6 Å². The molecule has 0 aliphatic rings. The molecule has 1 N–H and O–H groups in total. The molecule has 0 fully saturated rings. The highest BCUT2D eigenvalue weighted by Crippen LogP contribution is 2.32. The van der Waals surface area contributed by atoms with Gasteiger partial charge in [-0.15, -0.1) is 11.3 Å². The second-order valence-electron chi connectivity index (χ2n) is 4.13. The second-order valence-corrected chi connectivity index (χ2v) is 4.99. The normalized spacial score (nSPS) is 11.9. The van der Waals surface area contributed by atoms with Crippen LogP contribution in [0.2, 0.25) is 0 Å². The molecule has 0 unspecified atom stereocenters. The Hall–Kier alpha value is -2.15. The highest BCUT2D eigenvalue weighted by molar-refractivity contribution is 7.13. The highest BCUT2D eigenvalue weighted by atomic mass is 32.1. The molecule has 3 rings (SSSR count). The number of halogens is 3. The average Bonchev–Trinajstić information content (AvgIpc) is 2.88. The maximum absolute atomic E-state index is 12.5. The van der Waals surface area contributed by atoms with Crippen molar-refractivity contribution in [3.63, 3.8) is 0 Å². The minimum Gasteiger partial charge on any atom is -0.352 e. The van der Waals surface area contributed by atoms with E-state index < -0.39 is 11.9 Å². The highest BCUT2D eigenvalue weighted by Gasteiger charge is 2.33. The summed E-state index contributed by atoms with van der Waals surface area (Å²) >= 11 is 0.846. The van der Waals surface area contributed by atoms with Gasteiger partial charge >= 0.3 is 6.18 Å². The van der Waals surface area contributed by atoms with Crippen LogP contribution in [0.1, 0.15) is 5.69 Å². The minimum absolute atomic E-state index is 0.139. The minimum atomic E-state index is -4.48. The molecule has 0 amide bonds. The van der Waals surface area contributed by atoms with Gasteiger partial charge < -0.3 is 4.98 Å². The molecule has 0 bridgehead atoms. The van der Waals surface area contributed by atoms with E-state index in [4.69, 9.17) is 0 Å². The number of alkyl halides is 3. The van der Waals surface area contributed by atoms with Crippen LogP contribution in [0.15, 0.2) is 40.5 Å². The molecule has 0 saturated carbocycles. The molecule has 2 heterocycles. The Morgan fingerprint density at radius 1 is 1.20 bits per heavy atom. The van der Waals surface area contributed by atoms with Crippen LogP contribution in [0.3, 0.4) is 0 Å². The molecular weight excluding hydrogens is 289 g/mol. The van der Waals surface area contributed by atoms with Crippen LogP contribution in [-0.2, 0) is 6.18 Å². The Balaban J connectivity index is 2.15. The number of aromatic amines is 1. The lowest BCUT2D eigenvalue weighted by atomic mass is 10.2. The van der Waals surface area contributed by atoms with Crippen molar-refractivity contribution in [3.8, 4) is 10.7 Å². The standard InChI is InChI=1S/C13H7F3N2OS/c14-13(15,16)11-6-20-12(18-11)9-5-10(19)7-3-1-2-4-8(7)17-9/h1-6H,(H,17,19). The first-order valence-electron chi connectivity index (χ1n) is 5.60. The largest absolute Gasteiger partial charge is 0.434 e. The Morgan fingerprint density at radius 3 is 2.65 bits per heavy atom. The smallest absolute Gasteiger partial charge is 0.352 e. The van der Waals surface area contributed by atoms with E-state index in [-0.39, 0.29) is 16.1 Å². The molecule has 1 aromatic carbocycles. The van der Waals surface area contributed by atoms with Crippen LogP contribution in [0.5, 0.6) is 0 Å². The van der Waals surface area contributed by atoms with E-state index in [1.54, 1.807) is 24.3 Å². The van der Waals surface area contributed by atoms with Gasteiger partial charge in [-0.05, 0) is 12.1 Å². The average molecular weight is 296 g/mol. The lowest BCUT2D eigenvalue weighted by Crippen LogP contribution is -2.06. The summed E-state index contributed by atoms with van der Waals surface area (Å²) in [6.45, 7) is 0. The molecule has 0 radical (unpaired) electrons. The first-order valence-corrected chi connectivity index (χ1v) is 6.48. The summed E-state index contributed by atoms with van der Waals surface area (Å²) in [4.78, 5) is 18.4. The number of pyridine rings is 1. The first-order chi connectivity index (χ1) is 9.45. The fraction of sp³-hybridized carbons (Fsp3) is 0.0769. The van der Waals surface area contributed by atoms with Crippen molar-refractivity contribution >= 4 is 22.2 Å². The third-order valence-corrected chi connectivity index (χ3v) is 3.64. The molecule has 0 aliphatic heterocycles. The molecule has 7 heteroatoms. The summed E-state index contributed by atoms with van der Waals surface area (Å²) in [7, 11) is 0. The topological polar surface area (TPSA) is 45.8 Å². The Bertz CT molecular complexity index is 835. The molecule has 2 aromatic heterocycles. The van der Waals surface area contributed by atoms with Gasteiger partial charge in [0.25, 0.3) is 0 Å². The first kappa shape index (κ1) is 12.9. The number of H-pyrrole nitrogens is 1. The van der Waals surface area contributed by atoms with Gasteiger partial charge in [0.15, 0.2) is 11.1 Å². The van der Waals surface area contributed by atoms with E-state index >= 15 is 0 Å². The zero-order valence-electron chi connectivity index (χ0n) is 9.86. The number of hydrogen-bond acceptors (Lipinski definition) is 3. The van der Waals surface area contributed by atoms with Gasteiger partial charge in [-0.2, -0.15) is 13.2 Å². The van der Waals surface area contributed by atoms with Crippen LogP contribution < -0.4 is 5.43 Å². The second kappa shape index (κ2) is 4.45. The number of rotatable bonds is 1. The van der Waals surface area contributed by atoms with E-state index in [0.29, 0.717) is 10.9 Å². The molecule has 3 aromatic rings. The lowest BCUT2D eigenvalue weighted by Gasteiger charge is -2.02. The monoisotopic (exact) mass is 296 g/mol. The van der Waals surface area contributed by atoms with E-state index in [2.05, 4.69) is 9.97 Å². The van der Waals surface area contributed by atoms with Gasteiger partial charge in [-0.3, -0.25) is 4.79 Å². The maximum Gasteiger partial charge on any atom is 0.434 e. The van der Waals surface area contributed by atoms with Gasteiger partial charge in [0.2, 0.25) is 0 Å². The van der Waals surface area contributed by atoms with E-state index in [9.17, 15) is 18.0 Å². The summed E-state index contributed by atoms with van der Waals surface area (Å²) in [6, 6.07) is 8.08. The molecule has 0 atom stereocenters. The van der Waals surface area contributed by atoms with Crippen LogP contribution in [0.4, 0.5) is 13.2 Å². The summed E-state index contributed by atoms with van der Waals surface area (Å²) in [6.07, 6.45) is -4.48. The predicted octanol–water partition coefficient (Wildman–Crippen LogP) is 3.67. The molecule has 3 nitrogen and oxygen atoms in total. The SMILES string of the molecule is O=c1cc(-c2nc(C(F)(F)F)cs2)[nH]c2ccccc12. The summed E-state index contributed by atoms with van der Waals surface area (Å²) < 4.78 is 37.6. The number of nitrogens with zero attached hydrogens (tertiary/aromatic N) is 1. The fourth-order valence-corrected chi connectivity index (χ4v) is 2.64. The zero-order chi connectivity index (χ0) is 14.3. The van der Waals surface area contributed by atoms with Crippen LogP contribution in [0.25, 0.3) is 21.6 Å². The fourth-order valence-electron chi connectivity index (χ4n) is 1.84. The van der Waals surface area contributed by atoms with Crippen molar-refractivity contribution in [2.75, 3.05) is 0 Å². The van der Waals surface area contributed by atoms with E-state index in [0.717, 1.165) is 16.7 Å². The lowest BCUT2D eigenvalue weighted by molar-refractivity contribution is -0.140. The molecule has 102 valence electrons. The van der Waals surface area contributed by atoms with Crippen LogP contribution >= 0.6 is 11.3 Å². The quantitative estimate of drug-likeness (QED) is 0.744. The Morgan fingerprint density at radius 2 is 1.95 bits per heavy atom. The number of benzene rings is 1. The summed E-state index contributed by atoms with van der Waals surface area (Å²) in [5.41, 5.74) is -0.349. The summed E-state index contributed by atoms with van der Waals surface area (Å²) in [5, 5.41) is 1.56. The third kappa shape index (κ3) is 2.20. The molecule has 0 spiro atoms. The van der Waals surface area contributed by atoms with Gasteiger partial charge in [-0.1, -0.05) is 12.1 Å². The predicted molar refractivity (Wildman–Crippen MR) is 70.7 cm³/mol. The zero-order valence-corrected chi connectivity index (χ0v) is 10.7. The molecule has 0 aliphatic carbocycles. The number of thiazole rings is 1. The van der Waals surface area contributed by atoms with Gasteiger partial charge in [0, 0.05) is 22.3 Å².